The summed E-state index contributed by atoms with van der Waals surface area (Å²) < 4.78 is 26.1. The number of rotatable bonds is 4. The summed E-state index contributed by atoms with van der Waals surface area (Å²) in [5, 5.41) is 0.767. The summed E-state index contributed by atoms with van der Waals surface area (Å²) in [4.78, 5) is 8.32. The Balaban J connectivity index is 2.33. The minimum Gasteiger partial charge on any atom is -0.240 e. The first-order valence-electron chi connectivity index (χ1n) is 6.42. The van der Waals surface area contributed by atoms with Gasteiger partial charge in [-0.05, 0) is 37.6 Å². The van der Waals surface area contributed by atoms with Crippen LogP contribution in [0.5, 0.6) is 0 Å². The van der Waals surface area contributed by atoms with E-state index < -0.39 is 10.0 Å². The molecule has 2 aromatic rings. The van der Waals surface area contributed by atoms with Crippen LogP contribution in [0.2, 0.25) is 10.0 Å². The first kappa shape index (κ1) is 17.0. The van der Waals surface area contributed by atoms with Gasteiger partial charge in [0.05, 0.1) is 5.75 Å². The predicted molar refractivity (Wildman–Crippen MR) is 89.0 cm³/mol. The maximum Gasteiger partial charge on any atom is 0.241 e. The van der Waals surface area contributed by atoms with Gasteiger partial charge in [0.2, 0.25) is 16.0 Å². The average molecular weight is 360 g/mol. The van der Waals surface area contributed by atoms with Gasteiger partial charge in [0, 0.05) is 28.5 Å². The summed E-state index contributed by atoms with van der Waals surface area (Å²) in [6.07, 6.45) is 0. The Kier molecular flexibility index (Phi) is 4.94. The van der Waals surface area contributed by atoms with Gasteiger partial charge in [-0.25, -0.2) is 22.7 Å². The quantitative estimate of drug-likeness (QED) is 0.839. The monoisotopic (exact) mass is 359 g/mol. The minimum atomic E-state index is -3.65. The lowest BCUT2D eigenvalue weighted by Crippen LogP contribution is -2.30. The van der Waals surface area contributed by atoms with Crippen molar-refractivity contribution in [3.63, 3.8) is 0 Å². The Hall–Kier alpha value is -1.37. The van der Waals surface area contributed by atoms with Crippen molar-refractivity contribution in [2.45, 2.75) is 19.6 Å². The average Bonchev–Trinajstić information content (AvgIpc) is 2.40. The number of hydrogen-bond donors (Lipinski definition) is 0. The summed E-state index contributed by atoms with van der Waals surface area (Å²) in [5.41, 5.74) is 1.88. The molecule has 0 bridgehead atoms. The van der Waals surface area contributed by atoms with Crippen LogP contribution in [0.25, 0.3) is 0 Å². The van der Waals surface area contributed by atoms with Gasteiger partial charge < -0.3 is 0 Å². The van der Waals surface area contributed by atoms with Gasteiger partial charge in [-0.3, -0.25) is 0 Å². The Morgan fingerprint density at radius 2 is 1.68 bits per heavy atom. The fourth-order valence-electron chi connectivity index (χ4n) is 1.90. The molecule has 5 nitrogen and oxygen atoms in total. The molecule has 0 amide bonds. The summed E-state index contributed by atoms with van der Waals surface area (Å²) in [5.74, 6) is -0.113. The van der Waals surface area contributed by atoms with Crippen molar-refractivity contribution < 1.29 is 8.42 Å². The van der Waals surface area contributed by atoms with Crippen LogP contribution in [0, 0.1) is 13.8 Å². The van der Waals surface area contributed by atoms with Gasteiger partial charge in [-0.1, -0.05) is 29.3 Å². The molecule has 0 aliphatic rings. The molecule has 1 aromatic carbocycles. The Morgan fingerprint density at radius 1 is 1.09 bits per heavy atom. The van der Waals surface area contributed by atoms with Crippen LogP contribution < -0.4 is 4.31 Å². The highest BCUT2D eigenvalue weighted by molar-refractivity contribution is 7.92. The van der Waals surface area contributed by atoms with E-state index in [1.54, 1.807) is 32.0 Å². The van der Waals surface area contributed by atoms with E-state index in [4.69, 9.17) is 23.2 Å². The van der Waals surface area contributed by atoms with Crippen LogP contribution in [-0.2, 0) is 15.8 Å². The molecule has 0 unspecified atom stereocenters. The molecule has 0 saturated carbocycles. The van der Waals surface area contributed by atoms with Crippen LogP contribution in [0.3, 0.4) is 0 Å². The number of nitrogens with zero attached hydrogens (tertiary/aromatic N) is 3. The van der Waals surface area contributed by atoms with Crippen LogP contribution in [0.1, 0.15) is 17.0 Å². The Morgan fingerprint density at radius 3 is 2.23 bits per heavy atom. The number of aryl methyl sites for hydroxylation is 2. The smallest absolute Gasteiger partial charge is 0.240 e. The number of aromatic nitrogens is 2. The highest BCUT2D eigenvalue weighted by Gasteiger charge is 2.23. The lowest BCUT2D eigenvalue weighted by atomic mass is 10.2. The fraction of sp³-hybridized carbons (Fsp3) is 0.286. The SMILES string of the molecule is Cc1cc(C)nc(N(C)S(=O)(=O)Cc2ccc(Cl)cc2Cl)n1. The second-order valence-electron chi connectivity index (χ2n) is 4.91. The van der Waals surface area contributed by atoms with E-state index >= 15 is 0 Å². The third kappa shape index (κ3) is 3.88. The van der Waals surface area contributed by atoms with E-state index in [2.05, 4.69) is 9.97 Å². The number of benzene rings is 1. The third-order valence-electron chi connectivity index (χ3n) is 3.02. The topological polar surface area (TPSA) is 63.2 Å². The van der Waals surface area contributed by atoms with E-state index in [1.165, 1.54) is 13.1 Å². The molecule has 0 aliphatic carbocycles. The summed E-state index contributed by atoms with van der Waals surface area (Å²) in [7, 11) is -2.23. The molecule has 0 aliphatic heterocycles. The molecule has 0 fully saturated rings. The van der Waals surface area contributed by atoms with Gasteiger partial charge in [-0.15, -0.1) is 0 Å². The molecule has 0 saturated heterocycles. The van der Waals surface area contributed by atoms with Crippen LogP contribution in [-0.4, -0.2) is 25.4 Å². The van der Waals surface area contributed by atoms with Crippen LogP contribution in [0.4, 0.5) is 5.95 Å². The normalized spacial score (nSPS) is 11.5. The third-order valence-corrected chi connectivity index (χ3v) is 5.28. The molecule has 0 radical (unpaired) electrons. The Bertz CT molecular complexity index is 789. The van der Waals surface area contributed by atoms with Crippen LogP contribution in [0.15, 0.2) is 24.3 Å². The maximum atomic E-state index is 12.5. The minimum absolute atomic E-state index is 0.141. The molecular weight excluding hydrogens is 345 g/mol. The number of halogens is 2. The van der Waals surface area contributed by atoms with E-state index in [9.17, 15) is 8.42 Å². The van der Waals surface area contributed by atoms with Crippen LogP contribution >= 0.6 is 23.2 Å². The number of hydrogen-bond acceptors (Lipinski definition) is 4. The van der Waals surface area contributed by atoms with Gasteiger partial charge in [0.15, 0.2) is 0 Å². The zero-order valence-corrected chi connectivity index (χ0v) is 14.7. The molecule has 2 rings (SSSR count). The molecule has 118 valence electrons. The summed E-state index contributed by atoms with van der Waals surface area (Å²) in [6.45, 7) is 3.57. The van der Waals surface area contributed by atoms with Gasteiger partial charge in [0.25, 0.3) is 0 Å². The molecular formula is C14H15Cl2N3O2S. The van der Waals surface area contributed by atoms with E-state index in [1.807, 2.05) is 0 Å². The van der Waals surface area contributed by atoms with Gasteiger partial charge in [-0.2, -0.15) is 0 Å². The van der Waals surface area contributed by atoms with E-state index in [0.717, 1.165) is 4.31 Å². The van der Waals surface area contributed by atoms with E-state index in [-0.39, 0.29) is 11.7 Å². The highest BCUT2D eigenvalue weighted by atomic mass is 35.5. The largest absolute Gasteiger partial charge is 0.241 e. The van der Waals surface area contributed by atoms with Crippen molar-refractivity contribution in [1.82, 2.24) is 9.97 Å². The zero-order valence-electron chi connectivity index (χ0n) is 12.3. The van der Waals surface area contributed by atoms with Gasteiger partial charge in [0.1, 0.15) is 0 Å². The zero-order chi connectivity index (χ0) is 16.5. The highest BCUT2D eigenvalue weighted by Crippen LogP contribution is 2.24. The molecule has 0 N–H and O–H groups in total. The molecule has 1 aromatic heterocycles. The first-order valence-corrected chi connectivity index (χ1v) is 8.78. The predicted octanol–water partition coefficient (Wildman–Crippen LogP) is 3.37. The van der Waals surface area contributed by atoms with Crippen molar-refractivity contribution >= 4 is 39.2 Å². The standard InChI is InChI=1S/C14H15Cl2N3O2S/c1-9-6-10(2)18-14(17-9)19(3)22(20,21)8-11-4-5-12(15)7-13(11)16/h4-7H,8H2,1-3H3. The molecule has 22 heavy (non-hydrogen) atoms. The van der Waals surface area contributed by atoms with Crippen molar-refractivity contribution in [1.29, 1.82) is 0 Å². The van der Waals surface area contributed by atoms with Crippen molar-refractivity contribution in [2.75, 3.05) is 11.4 Å². The van der Waals surface area contributed by atoms with E-state index in [0.29, 0.717) is 27.0 Å². The maximum absolute atomic E-state index is 12.5. The van der Waals surface area contributed by atoms with Crippen molar-refractivity contribution in [3.8, 4) is 0 Å². The van der Waals surface area contributed by atoms with Crippen molar-refractivity contribution in [2.24, 2.45) is 0 Å². The first-order chi connectivity index (χ1) is 10.2. The number of anilines is 1. The van der Waals surface area contributed by atoms with Crippen molar-refractivity contribution in [3.05, 3.63) is 51.3 Å². The second kappa shape index (κ2) is 6.40. The molecule has 8 heteroatoms. The van der Waals surface area contributed by atoms with Gasteiger partial charge >= 0.3 is 0 Å². The summed E-state index contributed by atoms with van der Waals surface area (Å²) >= 11 is 11.9. The lowest BCUT2D eigenvalue weighted by Gasteiger charge is -2.18. The summed E-state index contributed by atoms with van der Waals surface area (Å²) in [6, 6.07) is 6.49. The lowest BCUT2D eigenvalue weighted by molar-refractivity contribution is 0.592. The Labute approximate surface area is 140 Å². The molecule has 1 heterocycles. The second-order valence-corrected chi connectivity index (χ2v) is 7.75. The fourth-order valence-corrected chi connectivity index (χ4v) is 3.63. The molecule has 0 atom stereocenters. The number of sulfonamides is 1. The molecule has 0 spiro atoms.